The number of aryl methyl sites for hydroxylation is 1. The highest BCUT2D eigenvalue weighted by Crippen LogP contribution is 2.65. The molecule has 5 nitrogen and oxygen atoms in total. The van der Waals surface area contributed by atoms with Crippen LogP contribution in [0.25, 0.3) is 22.3 Å². The predicted molar refractivity (Wildman–Crippen MR) is 153 cm³/mol. The molecule has 6 heteroatoms. The molecule has 1 aliphatic carbocycles. The van der Waals surface area contributed by atoms with Crippen LogP contribution in [0.1, 0.15) is 58.8 Å². The third-order valence-electron chi connectivity index (χ3n) is 8.19. The maximum Gasteiger partial charge on any atom is 0.335 e. The number of aromatic carboxylic acids is 1. The Kier molecular flexibility index (Phi) is 5.72. The van der Waals surface area contributed by atoms with Crippen LogP contribution in [0.5, 0.6) is 0 Å². The van der Waals surface area contributed by atoms with Gasteiger partial charge in [-0.05, 0) is 84.3 Å². The van der Waals surface area contributed by atoms with Gasteiger partial charge in [-0.3, -0.25) is 4.79 Å². The van der Waals surface area contributed by atoms with Crippen LogP contribution in [0.15, 0.2) is 78.9 Å². The molecule has 6 rings (SSSR count). The Morgan fingerprint density at radius 3 is 2.31 bits per heavy atom. The second kappa shape index (κ2) is 8.80. The number of rotatable bonds is 5. The van der Waals surface area contributed by atoms with Gasteiger partial charge in [0.2, 0.25) is 5.91 Å². The summed E-state index contributed by atoms with van der Waals surface area (Å²) >= 11 is 6.72. The third kappa shape index (κ3) is 4.05. The van der Waals surface area contributed by atoms with Gasteiger partial charge in [0.25, 0.3) is 0 Å². The summed E-state index contributed by atoms with van der Waals surface area (Å²) < 4.78 is 0. The second-order valence-electron chi connectivity index (χ2n) is 11.1. The molecule has 1 heterocycles. The van der Waals surface area contributed by atoms with Crippen LogP contribution in [-0.4, -0.2) is 22.1 Å². The number of anilines is 1. The lowest BCUT2D eigenvalue weighted by Crippen LogP contribution is -2.21. The summed E-state index contributed by atoms with van der Waals surface area (Å²) in [5.41, 5.74) is 6.25. The number of aliphatic hydroxyl groups is 1. The number of hydrogen-bond acceptors (Lipinski definition) is 3. The Balaban J connectivity index is 1.37. The van der Waals surface area contributed by atoms with E-state index in [1.54, 1.807) is 26.8 Å². The summed E-state index contributed by atoms with van der Waals surface area (Å²) in [6.07, 6.45) is 0.613. The second-order valence-corrected chi connectivity index (χ2v) is 11.5. The highest BCUT2D eigenvalue weighted by molar-refractivity contribution is 6.34. The molecule has 0 bridgehead atoms. The van der Waals surface area contributed by atoms with Crippen molar-refractivity contribution < 1.29 is 19.8 Å². The number of benzene rings is 4. The molecule has 1 spiro atoms. The SMILES string of the molecule is Cc1ccc(C2CC23C(=O)Nc2cc(Cl)c(-c4ccc(-c5ccccc5C(C)(C)O)cc4)cc23)cc1C(=O)O. The minimum absolute atomic E-state index is 0.0771. The molecule has 4 aromatic rings. The maximum atomic E-state index is 13.3. The predicted octanol–water partition coefficient (Wildman–Crippen LogP) is 7.29. The maximum absolute atomic E-state index is 13.3. The first-order valence-corrected chi connectivity index (χ1v) is 13.3. The van der Waals surface area contributed by atoms with Crippen LogP contribution in [0.4, 0.5) is 5.69 Å². The fourth-order valence-corrected chi connectivity index (χ4v) is 6.29. The number of carbonyl (C=O) groups excluding carboxylic acids is 1. The average Bonchev–Trinajstić information content (AvgIpc) is 3.59. The minimum atomic E-state index is -0.976. The summed E-state index contributed by atoms with van der Waals surface area (Å²) in [6.45, 7) is 5.33. The van der Waals surface area contributed by atoms with Crippen LogP contribution >= 0.6 is 11.6 Å². The van der Waals surface area contributed by atoms with E-state index in [0.717, 1.165) is 38.9 Å². The van der Waals surface area contributed by atoms with E-state index in [2.05, 4.69) is 5.32 Å². The molecule has 3 N–H and O–H groups in total. The molecule has 4 aromatic carbocycles. The van der Waals surface area contributed by atoms with E-state index in [4.69, 9.17) is 11.6 Å². The standard InChI is InChI=1S/C33H28ClNO4/c1-18-8-9-21(14-23(18)30(36)37)27-17-33(27)26-15-24(28(34)16-29(26)35-31(33)38)20-12-10-19(11-13-20)22-6-4-5-7-25(22)32(2,3)39/h4-16,27,39H,17H2,1-3H3,(H,35,38)(H,36,37). The zero-order chi connectivity index (χ0) is 27.7. The van der Waals surface area contributed by atoms with Crippen LogP contribution in [0, 0.1) is 6.92 Å². The molecule has 1 fully saturated rings. The van der Waals surface area contributed by atoms with Crippen molar-refractivity contribution >= 4 is 29.2 Å². The van der Waals surface area contributed by atoms with Gasteiger partial charge in [-0.25, -0.2) is 4.79 Å². The van der Waals surface area contributed by atoms with Gasteiger partial charge in [0, 0.05) is 17.2 Å². The van der Waals surface area contributed by atoms with Crippen molar-refractivity contribution in [1.82, 2.24) is 0 Å². The highest BCUT2D eigenvalue weighted by Gasteiger charge is 2.65. The Morgan fingerprint density at radius 2 is 1.64 bits per heavy atom. The lowest BCUT2D eigenvalue weighted by atomic mass is 9.88. The molecule has 39 heavy (non-hydrogen) atoms. The Bertz CT molecular complexity index is 1670. The smallest absolute Gasteiger partial charge is 0.335 e. The van der Waals surface area contributed by atoms with Gasteiger partial charge in [0.05, 0.1) is 21.6 Å². The number of carboxylic acid groups (broad SMARTS) is 1. The number of amides is 1. The van der Waals surface area contributed by atoms with Gasteiger partial charge < -0.3 is 15.5 Å². The zero-order valence-electron chi connectivity index (χ0n) is 21.9. The number of fused-ring (bicyclic) bond motifs is 2. The first-order valence-electron chi connectivity index (χ1n) is 12.9. The van der Waals surface area contributed by atoms with Crippen molar-refractivity contribution in [1.29, 1.82) is 0 Å². The van der Waals surface area contributed by atoms with E-state index in [9.17, 15) is 19.8 Å². The largest absolute Gasteiger partial charge is 0.478 e. The lowest BCUT2D eigenvalue weighted by Gasteiger charge is -2.22. The molecule has 2 atom stereocenters. The molecular formula is C33H28ClNO4. The summed E-state index contributed by atoms with van der Waals surface area (Å²) in [6, 6.07) is 25.1. The monoisotopic (exact) mass is 537 g/mol. The summed E-state index contributed by atoms with van der Waals surface area (Å²) in [5.74, 6) is -1.15. The average molecular weight is 538 g/mol. The Morgan fingerprint density at radius 1 is 0.974 bits per heavy atom. The third-order valence-corrected chi connectivity index (χ3v) is 8.50. The van der Waals surface area contributed by atoms with Crippen molar-refractivity contribution in [3.8, 4) is 22.3 Å². The number of carboxylic acids is 1. The molecule has 0 aromatic heterocycles. The van der Waals surface area contributed by atoms with E-state index in [0.29, 0.717) is 22.7 Å². The molecule has 0 radical (unpaired) electrons. The first-order chi connectivity index (χ1) is 18.5. The fourth-order valence-electron chi connectivity index (χ4n) is 6.02. The topological polar surface area (TPSA) is 86.6 Å². The number of carbonyl (C=O) groups is 2. The lowest BCUT2D eigenvalue weighted by molar-refractivity contribution is -0.118. The summed E-state index contributed by atoms with van der Waals surface area (Å²) in [5, 5.41) is 23.8. The van der Waals surface area contributed by atoms with Crippen LogP contribution in [0.2, 0.25) is 5.02 Å². The quantitative estimate of drug-likeness (QED) is 0.249. The minimum Gasteiger partial charge on any atom is -0.478 e. The van der Waals surface area contributed by atoms with Crippen molar-refractivity contribution in [3.05, 3.63) is 112 Å². The zero-order valence-corrected chi connectivity index (χ0v) is 22.6. The molecule has 1 aliphatic heterocycles. The van der Waals surface area contributed by atoms with Gasteiger partial charge in [-0.1, -0.05) is 72.3 Å². The van der Waals surface area contributed by atoms with E-state index in [1.165, 1.54) is 0 Å². The summed E-state index contributed by atoms with van der Waals surface area (Å²) in [7, 11) is 0. The number of nitrogens with one attached hydrogen (secondary N) is 1. The van der Waals surface area contributed by atoms with Gasteiger partial charge >= 0.3 is 5.97 Å². The number of halogens is 1. The molecule has 1 saturated carbocycles. The van der Waals surface area contributed by atoms with Gasteiger partial charge in [-0.2, -0.15) is 0 Å². The molecule has 1 amide bonds. The van der Waals surface area contributed by atoms with E-state index in [1.807, 2.05) is 72.8 Å². The van der Waals surface area contributed by atoms with E-state index >= 15 is 0 Å². The fraction of sp³-hybridized carbons (Fsp3) is 0.212. The highest BCUT2D eigenvalue weighted by atomic mass is 35.5. The molecule has 2 unspecified atom stereocenters. The molecule has 2 aliphatic rings. The van der Waals surface area contributed by atoms with Crippen molar-refractivity contribution in [2.24, 2.45) is 0 Å². The van der Waals surface area contributed by atoms with Crippen molar-refractivity contribution in [3.63, 3.8) is 0 Å². The van der Waals surface area contributed by atoms with Gasteiger partial charge in [-0.15, -0.1) is 0 Å². The molecular weight excluding hydrogens is 510 g/mol. The Labute approximate surface area is 232 Å². The van der Waals surface area contributed by atoms with Gasteiger partial charge in [0.15, 0.2) is 0 Å². The van der Waals surface area contributed by atoms with Crippen LogP contribution < -0.4 is 5.32 Å². The van der Waals surface area contributed by atoms with Crippen LogP contribution in [-0.2, 0) is 15.8 Å². The molecule has 196 valence electrons. The normalized spacial score (nSPS) is 19.6. The summed E-state index contributed by atoms with van der Waals surface area (Å²) in [4.78, 5) is 25.0. The van der Waals surface area contributed by atoms with Crippen molar-refractivity contribution in [2.75, 3.05) is 5.32 Å². The Hall–Kier alpha value is -3.93. The molecule has 0 saturated heterocycles. The first kappa shape index (κ1) is 25.4. The van der Waals surface area contributed by atoms with E-state index in [-0.39, 0.29) is 17.4 Å². The van der Waals surface area contributed by atoms with Crippen LogP contribution in [0.3, 0.4) is 0 Å². The van der Waals surface area contributed by atoms with Gasteiger partial charge in [0.1, 0.15) is 0 Å². The van der Waals surface area contributed by atoms with Crippen molar-refractivity contribution in [2.45, 2.75) is 44.1 Å². The number of hydrogen-bond donors (Lipinski definition) is 3. The van der Waals surface area contributed by atoms with E-state index < -0.39 is 17.0 Å².